The topological polar surface area (TPSA) is 98.2 Å². The van der Waals surface area contributed by atoms with Crippen molar-refractivity contribution >= 4 is 24.2 Å². The Balaban J connectivity index is 0.00000289. The third-order valence-electron chi connectivity index (χ3n) is 2.60. The highest BCUT2D eigenvalue weighted by molar-refractivity contribution is 5.91. The molecule has 1 aromatic carbocycles. The highest BCUT2D eigenvalue weighted by atomic mass is 35.5. The lowest BCUT2D eigenvalue weighted by Crippen LogP contribution is -2.53. The zero-order chi connectivity index (χ0) is 12.9. The summed E-state index contributed by atoms with van der Waals surface area (Å²) >= 11 is 0. The van der Waals surface area contributed by atoms with Crippen LogP contribution >= 0.6 is 12.4 Å². The Kier molecular flexibility index (Phi) is 6.36. The monoisotopic (exact) mass is 271 g/mol. The van der Waals surface area contributed by atoms with Crippen LogP contribution in [-0.2, 0) is 15.1 Å². The van der Waals surface area contributed by atoms with E-state index in [1.54, 1.807) is 31.2 Å². The van der Waals surface area contributed by atoms with Crippen LogP contribution in [0.2, 0.25) is 0 Å². The molecule has 6 heteroatoms. The molecule has 0 aromatic heterocycles. The number of benzene rings is 1. The molecule has 0 radical (unpaired) electrons. The molecule has 1 unspecified atom stereocenters. The molecule has 0 fully saturated rings. The molecule has 5 N–H and O–H groups in total. The van der Waals surface area contributed by atoms with E-state index < -0.39 is 11.4 Å². The van der Waals surface area contributed by atoms with E-state index in [2.05, 4.69) is 5.32 Å². The van der Waals surface area contributed by atoms with Crippen molar-refractivity contribution in [2.45, 2.75) is 18.9 Å². The second-order valence-corrected chi connectivity index (χ2v) is 3.94. The largest absolute Gasteiger partial charge is 0.367 e. The van der Waals surface area contributed by atoms with Crippen LogP contribution < -0.4 is 16.8 Å². The molecule has 0 bridgehead atoms. The molecular weight excluding hydrogens is 254 g/mol. The van der Waals surface area contributed by atoms with Crippen molar-refractivity contribution in [3.05, 3.63) is 35.9 Å². The van der Waals surface area contributed by atoms with Crippen molar-refractivity contribution < 1.29 is 9.59 Å². The molecule has 1 atom stereocenters. The first-order chi connectivity index (χ1) is 8.00. The van der Waals surface area contributed by atoms with Gasteiger partial charge in [-0.2, -0.15) is 0 Å². The summed E-state index contributed by atoms with van der Waals surface area (Å²) in [4.78, 5) is 23.1. The summed E-state index contributed by atoms with van der Waals surface area (Å²) < 4.78 is 0. The van der Waals surface area contributed by atoms with E-state index in [-0.39, 0.29) is 31.3 Å². The Morgan fingerprint density at radius 3 is 2.28 bits per heavy atom. The zero-order valence-electron chi connectivity index (χ0n) is 10.2. The van der Waals surface area contributed by atoms with Crippen LogP contribution in [0.25, 0.3) is 0 Å². The number of carbonyl (C=O) groups excluding carboxylic acids is 2. The average molecular weight is 272 g/mol. The molecule has 0 aliphatic carbocycles. The van der Waals surface area contributed by atoms with Gasteiger partial charge in [0.25, 0.3) is 0 Å². The van der Waals surface area contributed by atoms with Crippen molar-refractivity contribution in [3.8, 4) is 0 Å². The molecule has 0 heterocycles. The Morgan fingerprint density at radius 2 is 1.83 bits per heavy atom. The smallest absolute Gasteiger partial charge is 0.247 e. The van der Waals surface area contributed by atoms with Crippen molar-refractivity contribution in [2.75, 3.05) is 6.54 Å². The van der Waals surface area contributed by atoms with Gasteiger partial charge in [0.15, 0.2) is 0 Å². The summed E-state index contributed by atoms with van der Waals surface area (Å²) in [7, 11) is 0. The molecular formula is C12H18ClN3O2. The fourth-order valence-electron chi connectivity index (χ4n) is 1.52. The van der Waals surface area contributed by atoms with E-state index in [1.165, 1.54) is 0 Å². The van der Waals surface area contributed by atoms with Gasteiger partial charge >= 0.3 is 0 Å². The molecule has 1 aromatic rings. The minimum absolute atomic E-state index is 0. The van der Waals surface area contributed by atoms with Crippen LogP contribution in [0.1, 0.15) is 18.9 Å². The summed E-state index contributed by atoms with van der Waals surface area (Å²) in [6.07, 6.45) is 0.162. The molecule has 18 heavy (non-hydrogen) atoms. The van der Waals surface area contributed by atoms with E-state index in [0.29, 0.717) is 5.56 Å². The third kappa shape index (κ3) is 3.72. The van der Waals surface area contributed by atoms with Crippen LogP contribution in [0, 0.1) is 0 Å². The number of rotatable bonds is 5. The number of halogens is 1. The molecule has 0 aliphatic heterocycles. The minimum atomic E-state index is -1.20. The van der Waals surface area contributed by atoms with Crippen molar-refractivity contribution in [1.82, 2.24) is 5.32 Å². The normalized spacial score (nSPS) is 13.0. The molecule has 0 spiro atoms. The fraction of sp³-hybridized carbons (Fsp3) is 0.333. The lowest BCUT2D eigenvalue weighted by atomic mass is 9.91. The predicted molar refractivity (Wildman–Crippen MR) is 72.1 cm³/mol. The molecule has 5 nitrogen and oxygen atoms in total. The van der Waals surface area contributed by atoms with Gasteiger partial charge in [-0.1, -0.05) is 30.3 Å². The average Bonchev–Trinajstić information content (AvgIpc) is 2.30. The third-order valence-corrected chi connectivity index (χ3v) is 2.60. The second kappa shape index (κ2) is 6.98. The van der Waals surface area contributed by atoms with Crippen LogP contribution in [-0.4, -0.2) is 18.4 Å². The number of nitrogens with one attached hydrogen (secondary N) is 1. The second-order valence-electron chi connectivity index (χ2n) is 3.94. The molecule has 0 saturated carbocycles. The number of carbonyl (C=O) groups is 2. The van der Waals surface area contributed by atoms with Gasteiger partial charge in [0.05, 0.1) is 0 Å². The minimum Gasteiger partial charge on any atom is -0.367 e. The molecule has 0 saturated heterocycles. The van der Waals surface area contributed by atoms with Crippen molar-refractivity contribution in [3.63, 3.8) is 0 Å². The first-order valence-electron chi connectivity index (χ1n) is 5.37. The molecule has 2 amide bonds. The van der Waals surface area contributed by atoms with E-state index >= 15 is 0 Å². The van der Waals surface area contributed by atoms with Gasteiger partial charge in [-0.15, -0.1) is 12.4 Å². The first kappa shape index (κ1) is 16.4. The summed E-state index contributed by atoms with van der Waals surface area (Å²) in [6.45, 7) is 1.81. The van der Waals surface area contributed by atoms with Gasteiger partial charge in [0.1, 0.15) is 5.54 Å². The van der Waals surface area contributed by atoms with Crippen molar-refractivity contribution in [2.24, 2.45) is 11.5 Å². The van der Waals surface area contributed by atoms with Gasteiger partial charge in [-0.05, 0) is 12.5 Å². The predicted octanol–water partition coefficient (Wildman–Crippen LogP) is 0.274. The quantitative estimate of drug-likeness (QED) is 0.717. The summed E-state index contributed by atoms with van der Waals surface area (Å²) in [5.41, 5.74) is 10.1. The van der Waals surface area contributed by atoms with Gasteiger partial charge in [-0.3, -0.25) is 9.59 Å². The van der Waals surface area contributed by atoms with E-state index in [0.717, 1.165) is 0 Å². The van der Waals surface area contributed by atoms with Gasteiger partial charge in [-0.25, -0.2) is 0 Å². The summed E-state index contributed by atoms with van der Waals surface area (Å²) in [6, 6.07) is 8.88. The zero-order valence-corrected chi connectivity index (χ0v) is 11.0. The Morgan fingerprint density at radius 1 is 1.28 bits per heavy atom. The van der Waals surface area contributed by atoms with E-state index in [1.807, 2.05) is 6.07 Å². The lowest BCUT2D eigenvalue weighted by Gasteiger charge is -2.27. The number of nitrogens with two attached hydrogens (primary N) is 2. The number of hydrogen-bond donors (Lipinski definition) is 3. The highest BCUT2D eigenvalue weighted by Gasteiger charge is 2.34. The molecule has 100 valence electrons. The first-order valence-corrected chi connectivity index (χ1v) is 5.37. The van der Waals surface area contributed by atoms with Gasteiger partial charge in [0, 0.05) is 13.0 Å². The molecule has 1 rings (SSSR count). The SMILES string of the molecule is CC(NC(=O)CCN)(C(N)=O)c1ccccc1.Cl. The maximum atomic E-state index is 11.5. The fourth-order valence-corrected chi connectivity index (χ4v) is 1.52. The van der Waals surface area contributed by atoms with Crippen LogP contribution in [0.5, 0.6) is 0 Å². The lowest BCUT2D eigenvalue weighted by molar-refractivity contribution is -0.131. The van der Waals surface area contributed by atoms with Crippen LogP contribution in [0.15, 0.2) is 30.3 Å². The van der Waals surface area contributed by atoms with E-state index in [4.69, 9.17) is 11.5 Å². The standard InChI is InChI=1S/C12H17N3O2.ClH/c1-12(11(14)17,15-10(16)7-8-13)9-5-3-2-4-6-9;/h2-6H,7-8,13H2,1H3,(H2,14,17)(H,15,16);1H. The maximum absolute atomic E-state index is 11.5. The Hall–Kier alpha value is -1.59. The number of hydrogen-bond acceptors (Lipinski definition) is 3. The van der Waals surface area contributed by atoms with E-state index in [9.17, 15) is 9.59 Å². The van der Waals surface area contributed by atoms with Crippen LogP contribution in [0.3, 0.4) is 0 Å². The number of primary amides is 1. The molecule has 0 aliphatic rings. The van der Waals surface area contributed by atoms with Crippen LogP contribution in [0.4, 0.5) is 0 Å². The Labute approximate surface area is 112 Å². The summed E-state index contributed by atoms with van der Waals surface area (Å²) in [5.74, 6) is -0.897. The van der Waals surface area contributed by atoms with Gasteiger partial charge < -0.3 is 16.8 Å². The Bertz CT molecular complexity index is 411. The number of amides is 2. The maximum Gasteiger partial charge on any atom is 0.247 e. The van der Waals surface area contributed by atoms with Gasteiger partial charge in [0.2, 0.25) is 11.8 Å². The highest BCUT2D eigenvalue weighted by Crippen LogP contribution is 2.20. The summed E-state index contributed by atoms with van der Waals surface area (Å²) in [5, 5.41) is 2.62. The van der Waals surface area contributed by atoms with Crippen molar-refractivity contribution in [1.29, 1.82) is 0 Å².